The molecule has 0 bridgehead atoms. The van der Waals surface area contributed by atoms with Crippen LogP contribution in [0.3, 0.4) is 0 Å². The Morgan fingerprint density at radius 3 is 2.52 bits per heavy atom. The minimum atomic E-state index is 0.317. The number of nitrogens with two attached hydrogens (primary N) is 1. The molecular weight excluding hydrogens is 258 g/mol. The van der Waals surface area contributed by atoms with Gasteiger partial charge in [0.15, 0.2) is 0 Å². The summed E-state index contributed by atoms with van der Waals surface area (Å²) < 4.78 is 5.57. The van der Waals surface area contributed by atoms with Gasteiger partial charge in [-0.05, 0) is 29.0 Å². The van der Waals surface area contributed by atoms with E-state index in [1.165, 1.54) is 5.39 Å². The summed E-state index contributed by atoms with van der Waals surface area (Å²) in [6.07, 6.45) is 0. The lowest BCUT2D eigenvalue weighted by Gasteiger charge is -2.04. The van der Waals surface area contributed by atoms with Crippen molar-refractivity contribution in [2.45, 2.75) is 0 Å². The van der Waals surface area contributed by atoms with Gasteiger partial charge in [-0.2, -0.15) is 0 Å². The first-order chi connectivity index (χ1) is 10.3. The van der Waals surface area contributed by atoms with Crippen molar-refractivity contribution < 1.29 is 4.74 Å². The number of nitrogen functional groups attached to an aromatic ring is 1. The lowest BCUT2D eigenvalue weighted by molar-refractivity contribution is 0.372. The first kappa shape index (κ1) is 13.1. The number of hydrogen-bond donors (Lipinski definition) is 1. The fourth-order valence-electron chi connectivity index (χ4n) is 2.19. The van der Waals surface area contributed by atoms with Crippen LogP contribution in [-0.2, 0) is 0 Å². The van der Waals surface area contributed by atoms with Crippen LogP contribution in [0.5, 0.6) is 5.75 Å². The Balaban J connectivity index is 1.77. The Morgan fingerprint density at radius 2 is 1.62 bits per heavy atom. The van der Waals surface area contributed by atoms with Crippen LogP contribution in [0, 0.1) is 11.8 Å². The van der Waals surface area contributed by atoms with Crippen LogP contribution < -0.4 is 10.5 Å². The van der Waals surface area contributed by atoms with E-state index < -0.39 is 0 Å². The molecule has 2 nitrogen and oxygen atoms in total. The van der Waals surface area contributed by atoms with Crippen molar-refractivity contribution in [3.63, 3.8) is 0 Å². The van der Waals surface area contributed by atoms with Crippen molar-refractivity contribution >= 4 is 16.5 Å². The summed E-state index contributed by atoms with van der Waals surface area (Å²) in [6.45, 7) is 0.317. The molecule has 3 rings (SSSR count). The molecule has 0 atom stereocenters. The van der Waals surface area contributed by atoms with Crippen molar-refractivity contribution in [2.24, 2.45) is 0 Å². The second-order valence-corrected chi connectivity index (χ2v) is 4.65. The third-order valence-electron chi connectivity index (χ3n) is 3.23. The van der Waals surface area contributed by atoms with Gasteiger partial charge >= 0.3 is 0 Å². The highest BCUT2D eigenvalue weighted by Gasteiger charge is 1.97. The lowest BCUT2D eigenvalue weighted by atomic mass is 10.1. The van der Waals surface area contributed by atoms with E-state index in [4.69, 9.17) is 10.5 Å². The van der Waals surface area contributed by atoms with Gasteiger partial charge in [-0.3, -0.25) is 0 Å². The van der Waals surface area contributed by atoms with Crippen LogP contribution >= 0.6 is 0 Å². The Labute approximate surface area is 124 Å². The van der Waals surface area contributed by atoms with E-state index in [1.54, 1.807) is 0 Å². The molecule has 0 saturated heterocycles. The average molecular weight is 273 g/mol. The highest BCUT2D eigenvalue weighted by Crippen LogP contribution is 2.19. The zero-order chi connectivity index (χ0) is 14.5. The molecule has 102 valence electrons. The topological polar surface area (TPSA) is 35.2 Å². The van der Waals surface area contributed by atoms with E-state index in [-0.39, 0.29) is 0 Å². The SMILES string of the molecule is Nc1ccccc1OCC#Cc1cccc2ccccc12. The van der Waals surface area contributed by atoms with Crippen molar-refractivity contribution in [3.05, 3.63) is 72.3 Å². The Morgan fingerprint density at radius 1 is 0.857 bits per heavy atom. The maximum absolute atomic E-state index is 5.82. The summed E-state index contributed by atoms with van der Waals surface area (Å²) in [5.41, 5.74) is 7.46. The maximum Gasteiger partial charge on any atom is 0.149 e. The van der Waals surface area contributed by atoms with Gasteiger partial charge in [0.05, 0.1) is 5.69 Å². The van der Waals surface area contributed by atoms with Crippen molar-refractivity contribution in [1.82, 2.24) is 0 Å². The van der Waals surface area contributed by atoms with Gasteiger partial charge in [0.25, 0.3) is 0 Å². The molecule has 0 aliphatic rings. The number of para-hydroxylation sites is 2. The fourth-order valence-corrected chi connectivity index (χ4v) is 2.19. The third kappa shape index (κ3) is 2.98. The highest BCUT2D eigenvalue weighted by atomic mass is 16.5. The molecule has 3 aromatic carbocycles. The molecular formula is C19H15NO. The number of fused-ring (bicyclic) bond motifs is 1. The fraction of sp³-hybridized carbons (Fsp3) is 0.0526. The van der Waals surface area contributed by atoms with Crippen molar-refractivity contribution in [3.8, 4) is 17.6 Å². The predicted molar refractivity (Wildman–Crippen MR) is 87.2 cm³/mol. The van der Waals surface area contributed by atoms with E-state index in [0.29, 0.717) is 18.0 Å². The first-order valence-corrected chi connectivity index (χ1v) is 6.78. The Hall–Kier alpha value is -2.92. The van der Waals surface area contributed by atoms with E-state index in [1.807, 2.05) is 48.5 Å². The minimum absolute atomic E-state index is 0.317. The zero-order valence-electron chi connectivity index (χ0n) is 11.5. The number of anilines is 1. The average Bonchev–Trinajstić information content (AvgIpc) is 2.53. The van der Waals surface area contributed by atoms with Crippen LogP contribution in [0.15, 0.2) is 66.7 Å². The molecule has 0 fully saturated rings. The minimum Gasteiger partial charge on any atom is -0.479 e. The zero-order valence-corrected chi connectivity index (χ0v) is 11.5. The van der Waals surface area contributed by atoms with Gasteiger partial charge < -0.3 is 10.5 Å². The molecule has 21 heavy (non-hydrogen) atoms. The van der Waals surface area contributed by atoms with E-state index in [0.717, 1.165) is 10.9 Å². The highest BCUT2D eigenvalue weighted by molar-refractivity contribution is 5.88. The van der Waals surface area contributed by atoms with Gasteiger partial charge in [0.1, 0.15) is 12.4 Å². The molecule has 0 radical (unpaired) electrons. The van der Waals surface area contributed by atoms with Crippen molar-refractivity contribution in [2.75, 3.05) is 12.3 Å². The standard InChI is InChI=1S/C19H15NO/c20-18-12-3-4-13-19(18)21-14-6-10-16-9-5-8-15-7-1-2-11-17(15)16/h1-5,7-9,11-13H,14,20H2. The molecule has 0 aliphatic carbocycles. The Kier molecular flexibility index (Phi) is 3.75. The van der Waals surface area contributed by atoms with Gasteiger partial charge in [-0.15, -0.1) is 0 Å². The molecule has 2 heteroatoms. The second-order valence-electron chi connectivity index (χ2n) is 4.65. The summed E-state index contributed by atoms with van der Waals surface area (Å²) in [4.78, 5) is 0. The molecule has 0 amide bonds. The summed E-state index contributed by atoms with van der Waals surface area (Å²) in [5.74, 6) is 6.87. The van der Waals surface area contributed by atoms with E-state index >= 15 is 0 Å². The molecule has 0 heterocycles. The lowest BCUT2D eigenvalue weighted by Crippen LogP contribution is -1.97. The maximum atomic E-state index is 5.82. The number of ether oxygens (including phenoxy) is 1. The first-order valence-electron chi connectivity index (χ1n) is 6.78. The molecule has 0 aliphatic heterocycles. The monoisotopic (exact) mass is 273 g/mol. The summed E-state index contributed by atoms with van der Waals surface area (Å²) >= 11 is 0. The number of hydrogen-bond acceptors (Lipinski definition) is 2. The van der Waals surface area contributed by atoms with Crippen LogP contribution in [0.25, 0.3) is 10.8 Å². The van der Waals surface area contributed by atoms with Gasteiger partial charge in [0, 0.05) is 5.56 Å². The smallest absolute Gasteiger partial charge is 0.149 e. The number of benzene rings is 3. The van der Waals surface area contributed by atoms with Gasteiger partial charge in [-0.25, -0.2) is 0 Å². The largest absolute Gasteiger partial charge is 0.479 e. The van der Waals surface area contributed by atoms with Crippen molar-refractivity contribution in [1.29, 1.82) is 0 Å². The summed E-state index contributed by atoms with van der Waals surface area (Å²) in [7, 11) is 0. The summed E-state index contributed by atoms with van der Waals surface area (Å²) in [6, 6.07) is 21.8. The molecule has 3 aromatic rings. The van der Waals surface area contributed by atoms with Gasteiger partial charge in [0.2, 0.25) is 0 Å². The van der Waals surface area contributed by atoms with E-state index in [2.05, 4.69) is 30.0 Å². The number of rotatable bonds is 2. The van der Waals surface area contributed by atoms with Crippen LogP contribution in [0.1, 0.15) is 5.56 Å². The Bertz CT molecular complexity index is 822. The molecule has 0 aromatic heterocycles. The second kappa shape index (κ2) is 6.02. The molecule has 0 spiro atoms. The van der Waals surface area contributed by atoms with Crippen LogP contribution in [0.4, 0.5) is 5.69 Å². The quantitative estimate of drug-likeness (QED) is 0.568. The molecule has 0 saturated carbocycles. The van der Waals surface area contributed by atoms with Gasteiger partial charge in [-0.1, -0.05) is 60.4 Å². The summed E-state index contributed by atoms with van der Waals surface area (Å²) in [5, 5.41) is 2.35. The van der Waals surface area contributed by atoms with Crippen LogP contribution in [-0.4, -0.2) is 6.61 Å². The van der Waals surface area contributed by atoms with E-state index in [9.17, 15) is 0 Å². The third-order valence-corrected chi connectivity index (χ3v) is 3.23. The predicted octanol–water partition coefficient (Wildman–Crippen LogP) is 3.85. The normalized spacial score (nSPS) is 9.90. The molecule has 0 unspecified atom stereocenters. The molecule has 2 N–H and O–H groups in total. The van der Waals surface area contributed by atoms with Crippen LogP contribution in [0.2, 0.25) is 0 Å².